The summed E-state index contributed by atoms with van der Waals surface area (Å²) in [5.41, 5.74) is 3.60. The zero-order valence-electron chi connectivity index (χ0n) is 11.1. The van der Waals surface area contributed by atoms with Crippen LogP contribution in [0.1, 0.15) is 0 Å². The molecule has 21 heavy (non-hydrogen) atoms. The van der Waals surface area contributed by atoms with Crippen molar-refractivity contribution >= 4 is 22.1 Å². The molecule has 0 spiro atoms. The van der Waals surface area contributed by atoms with Gasteiger partial charge in [0.2, 0.25) is 0 Å². The molecule has 0 atom stereocenters. The zero-order chi connectivity index (χ0) is 14.1. The van der Waals surface area contributed by atoms with Gasteiger partial charge in [0, 0.05) is 0 Å². The first-order valence-electron chi connectivity index (χ1n) is 6.56. The van der Waals surface area contributed by atoms with Crippen molar-refractivity contribution in [1.82, 2.24) is 30.0 Å². The van der Waals surface area contributed by atoms with E-state index in [0.717, 1.165) is 22.1 Å². The molecule has 0 unspecified atom stereocenters. The Balaban J connectivity index is 1.50. The van der Waals surface area contributed by atoms with Gasteiger partial charge < -0.3 is 4.74 Å². The lowest BCUT2D eigenvalue weighted by Gasteiger charge is -2.05. The number of benzene rings is 2. The topological polar surface area (TPSA) is 70.7 Å². The zero-order valence-corrected chi connectivity index (χ0v) is 11.1. The second kappa shape index (κ2) is 4.95. The van der Waals surface area contributed by atoms with Crippen molar-refractivity contribution in [2.45, 2.75) is 13.5 Å². The predicted molar refractivity (Wildman–Crippen MR) is 76.1 cm³/mol. The number of hydrogen-bond acceptors (Lipinski definition) is 5. The van der Waals surface area contributed by atoms with E-state index in [-0.39, 0.29) is 0 Å². The molecule has 2 heterocycles. The Bertz CT molecular complexity index is 822. The van der Waals surface area contributed by atoms with Crippen LogP contribution in [0, 0.1) is 0 Å². The van der Waals surface area contributed by atoms with Crippen LogP contribution in [-0.2, 0) is 18.2 Å². The molecule has 2 aromatic carbocycles. The summed E-state index contributed by atoms with van der Waals surface area (Å²) < 4.78 is 9.09. The lowest BCUT2D eigenvalue weighted by molar-refractivity contribution is 0.0174. The van der Waals surface area contributed by atoms with Gasteiger partial charge in [-0.3, -0.25) is 0 Å². The van der Waals surface area contributed by atoms with E-state index in [1.165, 1.54) is 0 Å². The molecule has 0 bridgehead atoms. The van der Waals surface area contributed by atoms with Crippen molar-refractivity contribution in [1.29, 1.82) is 0 Å². The van der Waals surface area contributed by atoms with Crippen LogP contribution in [0.2, 0.25) is 0 Å². The lowest BCUT2D eigenvalue weighted by Crippen LogP contribution is -2.09. The second-order valence-corrected chi connectivity index (χ2v) is 4.62. The minimum atomic E-state index is 0.314. The van der Waals surface area contributed by atoms with Gasteiger partial charge in [-0.2, -0.15) is 0 Å². The fourth-order valence-electron chi connectivity index (χ4n) is 2.24. The van der Waals surface area contributed by atoms with Gasteiger partial charge in [0.05, 0.1) is 11.0 Å². The quantitative estimate of drug-likeness (QED) is 0.570. The molecule has 0 fully saturated rings. The molecule has 0 saturated heterocycles. The Morgan fingerprint density at radius 2 is 1.19 bits per heavy atom. The van der Waals surface area contributed by atoms with Crippen molar-refractivity contribution < 1.29 is 4.74 Å². The smallest absolute Gasteiger partial charge is 0.144 e. The van der Waals surface area contributed by atoms with Crippen molar-refractivity contribution in [3.8, 4) is 0 Å². The Morgan fingerprint density at radius 3 is 1.71 bits per heavy atom. The molecule has 0 saturated carbocycles. The Hall–Kier alpha value is -2.80. The van der Waals surface area contributed by atoms with Gasteiger partial charge in [0.15, 0.2) is 0 Å². The summed E-state index contributed by atoms with van der Waals surface area (Å²) in [4.78, 5) is 0. The van der Waals surface area contributed by atoms with Gasteiger partial charge in [-0.25, -0.2) is 9.36 Å². The van der Waals surface area contributed by atoms with E-state index in [9.17, 15) is 0 Å². The molecule has 0 aliphatic rings. The molecule has 0 aliphatic heterocycles. The standard InChI is InChI=1S/C14H12N6O/c1-3-7-13-11(5-1)15-17-19(13)9-21-10-20-14-8-4-2-6-12(14)16-18-20/h1-8H,9-10H2. The predicted octanol–water partition coefficient (Wildman–Crippen LogP) is 1.81. The van der Waals surface area contributed by atoms with Crippen LogP contribution in [0.3, 0.4) is 0 Å². The third-order valence-electron chi connectivity index (χ3n) is 3.27. The lowest BCUT2D eigenvalue weighted by atomic mass is 10.3. The number of hydrogen-bond donors (Lipinski definition) is 0. The number of nitrogens with zero attached hydrogens (tertiary/aromatic N) is 6. The number of fused-ring (bicyclic) bond motifs is 2. The number of aromatic nitrogens is 6. The van der Waals surface area contributed by atoms with E-state index in [4.69, 9.17) is 4.74 Å². The van der Waals surface area contributed by atoms with Crippen LogP contribution in [0.5, 0.6) is 0 Å². The van der Waals surface area contributed by atoms with Crippen molar-refractivity contribution in [2.24, 2.45) is 0 Å². The number of ether oxygens (including phenoxy) is 1. The van der Waals surface area contributed by atoms with E-state index in [1.54, 1.807) is 9.36 Å². The molecule has 0 aliphatic carbocycles. The minimum Gasteiger partial charge on any atom is -0.337 e. The summed E-state index contributed by atoms with van der Waals surface area (Å²) in [6.07, 6.45) is 0. The van der Waals surface area contributed by atoms with Crippen molar-refractivity contribution in [3.05, 3.63) is 48.5 Å². The molecule has 7 nitrogen and oxygen atoms in total. The highest BCUT2D eigenvalue weighted by Gasteiger charge is 2.05. The maximum atomic E-state index is 5.66. The third kappa shape index (κ3) is 2.13. The van der Waals surface area contributed by atoms with E-state index in [1.807, 2.05) is 48.5 Å². The van der Waals surface area contributed by atoms with Crippen LogP contribution in [0.25, 0.3) is 22.1 Å². The average molecular weight is 280 g/mol. The minimum absolute atomic E-state index is 0.314. The molecule has 0 radical (unpaired) electrons. The summed E-state index contributed by atoms with van der Waals surface area (Å²) >= 11 is 0. The SMILES string of the molecule is c1ccc2c(c1)nnn2COCn1nnc2ccccc21. The first kappa shape index (κ1) is 12.0. The van der Waals surface area contributed by atoms with Gasteiger partial charge in [0.1, 0.15) is 24.5 Å². The molecule has 0 amide bonds. The summed E-state index contributed by atoms with van der Waals surface area (Å²) in [5, 5.41) is 16.3. The van der Waals surface area contributed by atoms with Crippen LogP contribution >= 0.6 is 0 Å². The van der Waals surface area contributed by atoms with Gasteiger partial charge in [-0.1, -0.05) is 34.7 Å². The first-order chi connectivity index (χ1) is 10.4. The van der Waals surface area contributed by atoms with E-state index >= 15 is 0 Å². The molecule has 4 aromatic rings. The highest BCUT2D eigenvalue weighted by Crippen LogP contribution is 2.11. The highest BCUT2D eigenvalue weighted by molar-refractivity contribution is 5.74. The summed E-state index contributed by atoms with van der Waals surface area (Å²) in [7, 11) is 0. The van der Waals surface area contributed by atoms with Crippen LogP contribution < -0.4 is 0 Å². The molecule has 7 heteroatoms. The molecule has 4 rings (SSSR count). The molecular formula is C14H12N6O. The Kier molecular flexibility index (Phi) is 2.82. The molecule has 104 valence electrons. The van der Waals surface area contributed by atoms with Crippen LogP contribution in [0.15, 0.2) is 48.5 Å². The molecule has 0 N–H and O–H groups in total. The van der Waals surface area contributed by atoms with E-state index in [0.29, 0.717) is 13.5 Å². The summed E-state index contributed by atoms with van der Waals surface area (Å²) in [5.74, 6) is 0. The second-order valence-electron chi connectivity index (χ2n) is 4.62. The van der Waals surface area contributed by atoms with Crippen LogP contribution in [-0.4, -0.2) is 30.0 Å². The van der Waals surface area contributed by atoms with E-state index < -0.39 is 0 Å². The Morgan fingerprint density at radius 1 is 0.714 bits per heavy atom. The fraction of sp³-hybridized carbons (Fsp3) is 0.143. The molecular weight excluding hydrogens is 268 g/mol. The van der Waals surface area contributed by atoms with Gasteiger partial charge in [-0.05, 0) is 24.3 Å². The summed E-state index contributed by atoms with van der Waals surface area (Å²) in [6.45, 7) is 0.628. The van der Waals surface area contributed by atoms with Crippen molar-refractivity contribution in [2.75, 3.05) is 0 Å². The van der Waals surface area contributed by atoms with Gasteiger partial charge >= 0.3 is 0 Å². The summed E-state index contributed by atoms with van der Waals surface area (Å²) in [6, 6.07) is 15.5. The normalized spacial score (nSPS) is 11.4. The largest absolute Gasteiger partial charge is 0.337 e. The molecule has 2 aromatic heterocycles. The van der Waals surface area contributed by atoms with Crippen LogP contribution in [0.4, 0.5) is 0 Å². The van der Waals surface area contributed by atoms with E-state index in [2.05, 4.69) is 20.6 Å². The van der Waals surface area contributed by atoms with Gasteiger partial charge in [-0.15, -0.1) is 10.2 Å². The number of para-hydroxylation sites is 2. The third-order valence-corrected chi connectivity index (χ3v) is 3.27. The average Bonchev–Trinajstić information content (AvgIpc) is 3.13. The van der Waals surface area contributed by atoms with Crippen molar-refractivity contribution in [3.63, 3.8) is 0 Å². The Labute approximate surface area is 119 Å². The first-order valence-corrected chi connectivity index (χ1v) is 6.56. The fourth-order valence-corrected chi connectivity index (χ4v) is 2.24. The maximum absolute atomic E-state index is 5.66. The highest BCUT2D eigenvalue weighted by atomic mass is 16.5. The maximum Gasteiger partial charge on any atom is 0.144 e. The number of rotatable bonds is 4. The van der Waals surface area contributed by atoms with Gasteiger partial charge in [0.25, 0.3) is 0 Å². The monoisotopic (exact) mass is 280 g/mol.